The van der Waals surface area contributed by atoms with Gasteiger partial charge in [0.05, 0.1) is 17.9 Å². The van der Waals surface area contributed by atoms with Gasteiger partial charge in [0.2, 0.25) is 11.0 Å². The third kappa shape index (κ3) is 8.16. The minimum Gasteiger partial charge on any atom is -0.543 e. The molecular weight excluding hydrogens is 776 g/mol. The van der Waals surface area contributed by atoms with E-state index >= 15 is 0 Å². The predicted molar refractivity (Wildman–Crippen MR) is 187 cm³/mol. The van der Waals surface area contributed by atoms with Crippen molar-refractivity contribution in [3.63, 3.8) is 0 Å². The van der Waals surface area contributed by atoms with Gasteiger partial charge in [-0.1, -0.05) is 33.1 Å². The maximum absolute atomic E-state index is 13.4. The number of nitrogen functional groups attached to an aromatic ring is 1. The number of nitrogens with zero attached hydrogens (tertiary/aromatic N) is 6. The van der Waals surface area contributed by atoms with Gasteiger partial charge in [-0.2, -0.15) is 4.73 Å². The van der Waals surface area contributed by atoms with Crippen molar-refractivity contribution >= 4 is 80.9 Å². The number of aromatic hydroxyl groups is 1. The van der Waals surface area contributed by atoms with Crippen LogP contribution in [0.25, 0.3) is 0 Å². The van der Waals surface area contributed by atoms with E-state index in [0.29, 0.717) is 27.9 Å². The van der Waals surface area contributed by atoms with Gasteiger partial charge in [0, 0.05) is 37.4 Å². The van der Waals surface area contributed by atoms with Crippen molar-refractivity contribution in [1.29, 1.82) is 0 Å². The lowest BCUT2D eigenvalue weighted by atomic mass is 10.0. The number of oxime groups is 1. The number of hydrogen-bond acceptors (Lipinski definition) is 17. The van der Waals surface area contributed by atoms with Crippen molar-refractivity contribution in [3.8, 4) is 5.75 Å². The Morgan fingerprint density at radius 2 is 1.98 bits per heavy atom. The number of nitrogens with two attached hydrogens (primary N) is 1. The number of carbonyl (C=O) groups excluding carboxylic acids is 4. The van der Waals surface area contributed by atoms with Gasteiger partial charge in [0.1, 0.15) is 45.6 Å². The molecule has 5 heterocycles. The molecule has 3 amide bonds. The molecule has 5 rings (SSSR count). The van der Waals surface area contributed by atoms with Gasteiger partial charge in [-0.15, -0.1) is 11.8 Å². The average molecular weight is 807 g/mol. The first-order valence-electron chi connectivity index (χ1n) is 15.5. The zero-order chi connectivity index (χ0) is 39.6. The molecule has 0 bridgehead atoms. The molecule has 0 spiro atoms. The molecule has 8 N–H and O–H groups in total. The molecule has 286 valence electrons. The molecule has 1 saturated heterocycles. The van der Waals surface area contributed by atoms with Crippen molar-refractivity contribution in [1.82, 2.24) is 30.2 Å². The number of halogens is 1. The van der Waals surface area contributed by atoms with Crippen LogP contribution >= 0.6 is 34.7 Å². The second-order valence-corrected chi connectivity index (χ2v) is 14.8. The highest BCUT2D eigenvalue weighted by molar-refractivity contribution is 8.00. The summed E-state index contributed by atoms with van der Waals surface area (Å²) in [7, 11) is 0. The van der Waals surface area contributed by atoms with Gasteiger partial charge >= 0.3 is 5.97 Å². The standard InChI is InChI=1S/C30H31ClN10O11S2/c1-12-14(33-4-5-34-23(44)15-6-16(42)17(43)9-40(15)51)8-39(11-35-12)7-13-10-53-26-20(25(46)41(26)21(13)27(47)48)36-24(45)19(18-22(31)54-29(32)37-18)38-52-30(2,3)28(49)50/h6,8-9,11,20,26,33,51H,4-5,7,10H2,1-3H3,(H6-,32,34,36,37,43,44,45,47,48,49,50)/b38-19-/t20-,26?/m1/s1. The van der Waals surface area contributed by atoms with Crippen LogP contribution in [0.3, 0.4) is 0 Å². The molecule has 54 heavy (non-hydrogen) atoms. The molecule has 1 unspecified atom stereocenters. The number of nitrogens with one attached hydrogen (secondary N) is 3. The molecule has 3 aromatic heterocycles. The number of rotatable bonds is 14. The molecular formula is C30H31ClN10O11S2. The summed E-state index contributed by atoms with van der Waals surface area (Å²) in [5, 5.41) is 51.9. The van der Waals surface area contributed by atoms with Crippen LogP contribution in [0.15, 0.2) is 46.0 Å². The topological polar surface area (TPSA) is 308 Å². The Hall–Kier alpha value is -5.94. The molecule has 0 aliphatic carbocycles. The van der Waals surface area contributed by atoms with Crippen molar-refractivity contribution in [2.45, 2.75) is 44.3 Å². The summed E-state index contributed by atoms with van der Waals surface area (Å²) in [5.41, 5.74) is 2.85. The minimum absolute atomic E-state index is 0.0192. The molecule has 0 aromatic carbocycles. The number of carbonyl (C=O) groups is 5. The summed E-state index contributed by atoms with van der Waals surface area (Å²) >= 11 is 8.18. The Bertz CT molecular complexity index is 2190. The number of anilines is 2. The number of amides is 3. The average Bonchev–Trinajstić information content (AvgIpc) is 3.44. The van der Waals surface area contributed by atoms with E-state index in [1.807, 2.05) is 0 Å². The zero-order valence-electron chi connectivity index (χ0n) is 28.4. The Balaban J connectivity index is 1.26. The summed E-state index contributed by atoms with van der Waals surface area (Å²) < 4.78 is 1.84. The van der Waals surface area contributed by atoms with E-state index in [2.05, 4.69) is 31.1 Å². The van der Waals surface area contributed by atoms with Gasteiger partial charge in [-0.3, -0.25) is 24.1 Å². The Morgan fingerprint density at radius 1 is 1.26 bits per heavy atom. The maximum atomic E-state index is 13.4. The highest BCUT2D eigenvalue weighted by Crippen LogP contribution is 2.40. The quantitative estimate of drug-likeness (QED) is 0.0232. The number of fused-ring (bicyclic) bond motifs is 1. The lowest BCUT2D eigenvalue weighted by Gasteiger charge is -2.50. The number of thioether (sulfide) groups is 1. The molecule has 3 aromatic rings. The third-order valence-corrected chi connectivity index (χ3v) is 10.3. The van der Waals surface area contributed by atoms with Crippen molar-refractivity contribution in [3.05, 3.63) is 67.7 Å². The number of pyridine rings is 1. The first-order chi connectivity index (χ1) is 25.4. The third-order valence-electron chi connectivity index (χ3n) is 7.88. The number of carboxylic acids is 2. The summed E-state index contributed by atoms with van der Waals surface area (Å²) in [6.07, 6.45) is 3.79. The summed E-state index contributed by atoms with van der Waals surface area (Å²) in [4.78, 5) is 89.2. The van der Waals surface area contributed by atoms with Crippen LogP contribution in [0, 0.1) is 6.92 Å². The number of β-lactam (4-membered cyclic amide) rings is 1. The number of aromatic nitrogens is 4. The van der Waals surface area contributed by atoms with Crippen molar-refractivity contribution in [2.24, 2.45) is 5.16 Å². The van der Waals surface area contributed by atoms with Crippen LogP contribution in [0.1, 0.15) is 35.7 Å². The number of aryl methyl sites for hydroxylation is 1. The summed E-state index contributed by atoms with van der Waals surface area (Å²) in [6.45, 7) is 4.28. The zero-order valence-corrected chi connectivity index (χ0v) is 30.7. The second-order valence-electron chi connectivity index (χ2n) is 12.1. The van der Waals surface area contributed by atoms with E-state index in [0.717, 1.165) is 22.3 Å². The molecule has 24 heteroatoms. The normalized spacial score (nSPS) is 17.0. The van der Waals surface area contributed by atoms with Gasteiger partial charge in [0.15, 0.2) is 22.3 Å². The lowest BCUT2D eigenvalue weighted by Crippen LogP contribution is -2.71. The van der Waals surface area contributed by atoms with Gasteiger partial charge < -0.3 is 51.8 Å². The van der Waals surface area contributed by atoms with E-state index in [1.54, 1.807) is 17.7 Å². The van der Waals surface area contributed by atoms with E-state index in [9.17, 15) is 49.3 Å². The van der Waals surface area contributed by atoms with Gasteiger partial charge in [-0.05, 0) is 13.8 Å². The number of hydrogen-bond donors (Lipinski definition) is 7. The Kier molecular flexibility index (Phi) is 11.3. The second kappa shape index (κ2) is 15.6. The van der Waals surface area contributed by atoms with Crippen LogP contribution in [0.4, 0.5) is 10.8 Å². The molecule has 0 saturated carbocycles. The van der Waals surface area contributed by atoms with E-state index in [-0.39, 0.29) is 51.9 Å². The highest BCUT2D eigenvalue weighted by atomic mass is 35.5. The number of carboxylic acid groups (broad SMARTS) is 2. The first-order valence-corrected chi connectivity index (χ1v) is 17.8. The molecule has 2 aliphatic rings. The van der Waals surface area contributed by atoms with Crippen molar-refractivity contribution in [2.75, 3.05) is 29.9 Å². The van der Waals surface area contributed by atoms with Gasteiger partial charge in [-0.25, -0.2) is 14.3 Å². The summed E-state index contributed by atoms with van der Waals surface area (Å²) in [6, 6.07) is -0.446. The van der Waals surface area contributed by atoms with Crippen LogP contribution in [0.5, 0.6) is 5.75 Å². The molecule has 0 radical (unpaired) electrons. The fourth-order valence-corrected chi connectivity index (χ4v) is 7.27. The smallest absolute Gasteiger partial charge is 0.350 e. The number of aliphatic carboxylic acids is 2. The molecule has 1 fully saturated rings. The first kappa shape index (κ1) is 39.3. The lowest BCUT2D eigenvalue weighted by molar-refractivity contribution is -0.691. The van der Waals surface area contributed by atoms with Gasteiger partial charge in [0.25, 0.3) is 24.0 Å². The molecule has 2 atom stereocenters. The number of thiazole rings is 1. The van der Waals surface area contributed by atoms with E-state index in [1.165, 1.54) is 31.9 Å². The van der Waals surface area contributed by atoms with Crippen LogP contribution < -0.4 is 36.8 Å². The predicted octanol–water partition coefficient (Wildman–Crippen LogP) is -2.00. The van der Waals surface area contributed by atoms with Crippen molar-refractivity contribution < 1.29 is 53.9 Å². The maximum Gasteiger partial charge on any atom is 0.350 e. The fourth-order valence-electron chi connectivity index (χ4n) is 5.01. The van der Waals surface area contributed by atoms with Crippen LogP contribution in [-0.2, 0) is 30.6 Å². The molecule has 2 aliphatic heterocycles. The van der Waals surface area contributed by atoms with Crippen LogP contribution in [0.2, 0.25) is 4.34 Å². The van der Waals surface area contributed by atoms with Crippen LogP contribution in [-0.4, -0.2) is 106 Å². The molecule has 21 nitrogen and oxygen atoms in total. The van der Waals surface area contributed by atoms with E-state index < -0.39 is 63.6 Å². The Labute approximate surface area is 317 Å². The monoisotopic (exact) mass is 806 g/mol. The fraction of sp³-hybridized carbons (Fsp3) is 0.333. The largest absolute Gasteiger partial charge is 0.543 e. The SMILES string of the molecule is Cc1nc[n+](CC2=C(C(=O)[O-])N3C(=O)[C@@H](NC(=O)/C(=N\OC(C)(C)C(=O)O)c4nc(N)sc4Cl)C3SC2)cc1NCCNC(=O)c1cc(=O)c(O)cn1O. The Morgan fingerprint density at radius 3 is 2.63 bits per heavy atom. The van der Waals surface area contributed by atoms with E-state index in [4.69, 9.17) is 22.2 Å². The highest BCUT2D eigenvalue weighted by Gasteiger charge is 2.53. The minimum atomic E-state index is -1.86. The summed E-state index contributed by atoms with van der Waals surface area (Å²) in [5.74, 6) is -6.19.